The van der Waals surface area contributed by atoms with Crippen LogP contribution in [0.25, 0.3) is 0 Å². The standard InChI is InChI=1S/C10H11N/c1-2-4-9-7-8-5-3-6-10(8)11-9/h3,5-7H,2,4H2,1H3. The maximum Gasteiger partial charge on any atom is 0.0705 e. The van der Waals surface area contributed by atoms with E-state index in [1.165, 1.54) is 17.7 Å². The fraction of sp³-hybridized carbons (Fsp3) is 0.300. The van der Waals surface area contributed by atoms with Crippen LogP contribution in [0, 0.1) is 0 Å². The van der Waals surface area contributed by atoms with Crippen LogP contribution in [0.1, 0.15) is 19.8 Å². The van der Waals surface area contributed by atoms with Gasteiger partial charge in [0.15, 0.2) is 0 Å². The number of hydrogen-bond acceptors (Lipinski definition) is 1. The van der Waals surface area contributed by atoms with E-state index in [2.05, 4.69) is 30.1 Å². The second-order valence-electron chi connectivity index (χ2n) is 2.86. The number of allylic oxidation sites excluding steroid dienone is 4. The molecule has 56 valence electrons. The van der Waals surface area contributed by atoms with E-state index in [0.717, 1.165) is 12.1 Å². The van der Waals surface area contributed by atoms with Crippen molar-refractivity contribution in [3.63, 3.8) is 0 Å². The Hall–Kier alpha value is -1.11. The van der Waals surface area contributed by atoms with E-state index in [4.69, 9.17) is 0 Å². The summed E-state index contributed by atoms with van der Waals surface area (Å²) in [5, 5.41) is 0. The van der Waals surface area contributed by atoms with Gasteiger partial charge in [0.05, 0.1) is 5.70 Å². The molecule has 0 saturated carbocycles. The number of rotatable bonds is 2. The van der Waals surface area contributed by atoms with Gasteiger partial charge in [-0.15, -0.1) is 0 Å². The molecule has 1 aliphatic heterocycles. The van der Waals surface area contributed by atoms with Gasteiger partial charge in [0.2, 0.25) is 0 Å². The van der Waals surface area contributed by atoms with Gasteiger partial charge in [-0.1, -0.05) is 25.5 Å². The summed E-state index contributed by atoms with van der Waals surface area (Å²) in [6.07, 6.45) is 10.7. The Kier molecular flexibility index (Phi) is 1.50. The number of hydrogen-bond donors (Lipinski definition) is 0. The molecule has 0 spiro atoms. The molecule has 0 aromatic carbocycles. The molecule has 1 aliphatic carbocycles. The van der Waals surface area contributed by atoms with Crippen molar-refractivity contribution < 1.29 is 0 Å². The van der Waals surface area contributed by atoms with Crippen molar-refractivity contribution in [2.24, 2.45) is 4.99 Å². The Bertz CT molecular complexity index is 290. The molecule has 0 atom stereocenters. The molecular weight excluding hydrogens is 134 g/mol. The van der Waals surface area contributed by atoms with E-state index in [0.29, 0.717) is 0 Å². The molecule has 0 bridgehead atoms. The molecule has 11 heavy (non-hydrogen) atoms. The third-order valence-corrected chi connectivity index (χ3v) is 1.92. The minimum absolute atomic E-state index is 1.11. The highest BCUT2D eigenvalue weighted by Gasteiger charge is 2.12. The van der Waals surface area contributed by atoms with Crippen molar-refractivity contribution in [1.82, 2.24) is 0 Å². The van der Waals surface area contributed by atoms with Crippen LogP contribution in [-0.2, 0) is 0 Å². The fourth-order valence-electron chi connectivity index (χ4n) is 1.40. The molecule has 1 nitrogen and oxygen atoms in total. The van der Waals surface area contributed by atoms with Gasteiger partial charge in [0, 0.05) is 11.3 Å². The van der Waals surface area contributed by atoms with Gasteiger partial charge in [-0.3, -0.25) is 4.99 Å². The predicted molar refractivity (Wildman–Crippen MR) is 47.6 cm³/mol. The Morgan fingerprint density at radius 2 is 2.36 bits per heavy atom. The molecule has 2 aliphatic rings. The van der Waals surface area contributed by atoms with E-state index >= 15 is 0 Å². The maximum atomic E-state index is 4.46. The maximum absolute atomic E-state index is 4.46. The Morgan fingerprint density at radius 1 is 1.45 bits per heavy atom. The van der Waals surface area contributed by atoms with Crippen LogP contribution in [0.4, 0.5) is 0 Å². The number of fused-ring (bicyclic) bond motifs is 1. The van der Waals surface area contributed by atoms with Gasteiger partial charge >= 0.3 is 0 Å². The molecular formula is C10H11N. The van der Waals surface area contributed by atoms with Crippen molar-refractivity contribution in [3.8, 4) is 0 Å². The van der Waals surface area contributed by atoms with E-state index in [9.17, 15) is 0 Å². The number of aliphatic imine (C=N–C) groups is 1. The highest BCUT2D eigenvalue weighted by atomic mass is 14.8. The molecule has 0 unspecified atom stereocenters. The largest absolute Gasteiger partial charge is 0.253 e. The zero-order valence-corrected chi connectivity index (χ0v) is 6.67. The normalized spacial score (nSPS) is 19.5. The number of nitrogens with zero attached hydrogens (tertiary/aromatic N) is 1. The molecule has 2 rings (SSSR count). The summed E-state index contributed by atoms with van der Waals surface area (Å²) >= 11 is 0. The van der Waals surface area contributed by atoms with Gasteiger partial charge in [-0.05, 0) is 18.6 Å². The third-order valence-electron chi connectivity index (χ3n) is 1.92. The zero-order valence-electron chi connectivity index (χ0n) is 6.67. The monoisotopic (exact) mass is 145 g/mol. The minimum Gasteiger partial charge on any atom is -0.253 e. The summed E-state index contributed by atoms with van der Waals surface area (Å²) < 4.78 is 0. The highest BCUT2D eigenvalue weighted by Crippen LogP contribution is 2.25. The summed E-state index contributed by atoms with van der Waals surface area (Å²) in [6.45, 7) is 2.18. The highest BCUT2D eigenvalue weighted by molar-refractivity contribution is 6.00. The Balaban J connectivity index is 2.20. The van der Waals surface area contributed by atoms with Crippen molar-refractivity contribution in [2.75, 3.05) is 0 Å². The average molecular weight is 145 g/mol. The summed E-state index contributed by atoms with van der Waals surface area (Å²) in [7, 11) is 0. The lowest BCUT2D eigenvalue weighted by atomic mass is 10.2. The second-order valence-corrected chi connectivity index (χ2v) is 2.86. The summed E-state index contributed by atoms with van der Waals surface area (Å²) in [4.78, 5) is 4.46. The topological polar surface area (TPSA) is 12.4 Å². The van der Waals surface area contributed by atoms with Crippen LogP contribution in [-0.4, -0.2) is 5.71 Å². The molecule has 0 saturated heterocycles. The zero-order chi connectivity index (χ0) is 7.68. The fourth-order valence-corrected chi connectivity index (χ4v) is 1.40. The third kappa shape index (κ3) is 1.07. The predicted octanol–water partition coefficient (Wildman–Crippen LogP) is 2.62. The van der Waals surface area contributed by atoms with Crippen LogP contribution in [0.3, 0.4) is 0 Å². The first-order chi connectivity index (χ1) is 5.40. The van der Waals surface area contributed by atoms with Crippen molar-refractivity contribution in [3.05, 3.63) is 35.6 Å². The van der Waals surface area contributed by atoms with Gasteiger partial charge in [0.1, 0.15) is 0 Å². The average Bonchev–Trinajstić information content (AvgIpc) is 2.46. The summed E-state index contributed by atoms with van der Waals surface area (Å²) in [6, 6.07) is 0. The van der Waals surface area contributed by atoms with Gasteiger partial charge in [-0.25, -0.2) is 0 Å². The van der Waals surface area contributed by atoms with Crippen molar-refractivity contribution in [1.29, 1.82) is 0 Å². The molecule has 1 heterocycles. The van der Waals surface area contributed by atoms with Crippen LogP contribution in [0.2, 0.25) is 0 Å². The first-order valence-electron chi connectivity index (χ1n) is 4.08. The molecule has 0 amide bonds. The molecule has 1 heteroatoms. The van der Waals surface area contributed by atoms with Crippen LogP contribution < -0.4 is 0 Å². The molecule has 0 aromatic heterocycles. The van der Waals surface area contributed by atoms with Gasteiger partial charge < -0.3 is 0 Å². The lowest BCUT2D eigenvalue weighted by molar-refractivity contribution is 0.997. The first kappa shape index (κ1) is 6.59. The Morgan fingerprint density at radius 3 is 3.09 bits per heavy atom. The quantitative estimate of drug-likeness (QED) is 0.566. The second kappa shape index (κ2) is 2.50. The smallest absolute Gasteiger partial charge is 0.0705 e. The lowest BCUT2D eigenvalue weighted by Gasteiger charge is -1.89. The van der Waals surface area contributed by atoms with E-state index < -0.39 is 0 Å². The minimum atomic E-state index is 1.11. The lowest BCUT2D eigenvalue weighted by Crippen LogP contribution is -1.87. The molecule has 0 fully saturated rings. The van der Waals surface area contributed by atoms with E-state index in [1.54, 1.807) is 0 Å². The summed E-state index contributed by atoms with van der Waals surface area (Å²) in [5.41, 5.74) is 3.67. The van der Waals surface area contributed by atoms with Crippen LogP contribution in [0.15, 0.2) is 40.6 Å². The molecule has 0 radical (unpaired) electrons. The van der Waals surface area contributed by atoms with Crippen LogP contribution >= 0.6 is 0 Å². The van der Waals surface area contributed by atoms with Gasteiger partial charge in [-0.2, -0.15) is 0 Å². The molecule has 0 aromatic rings. The van der Waals surface area contributed by atoms with Gasteiger partial charge in [0.25, 0.3) is 0 Å². The van der Waals surface area contributed by atoms with E-state index in [1.807, 2.05) is 6.08 Å². The van der Waals surface area contributed by atoms with E-state index in [-0.39, 0.29) is 0 Å². The van der Waals surface area contributed by atoms with Crippen LogP contribution in [0.5, 0.6) is 0 Å². The SMILES string of the molecule is CCCC1=NC2=CC=CC2=C1. The Labute approximate surface area is 66.8 Å². The van der Waals surface area contributed by atoms with Crippen molar-refractivity contribution in [2.45, 2.75) is 19.8 Å². The summed E-state index contributed by atoms with van der Waals surface area (Å²) in [5.74, 6) is 0. The molecule has 0 N–H and O–H groups in total. The van der Waals surface area contributed by atoms with Crippen molar-refractivity contribution >= 4 is 5.71 Å². The first-order valence-corrected chi connectivity index (χ1v) is 4.08.